The summed E-state index contributed by atoms with van der Waals surface area (Å²) in [6, 6.07) is 6.20. The Morgan fingerprint density at radius 1 is 1.04 bits per heavy atom. The molecule has 1 amide bonds. The summed E-state index contributed by atoms with van der Waals surface area (Å²) in [4.78, 5) is 15.0. The highest BCUT2D eigenvalue weighted by atomic mass is 32.2. The topological polar surface area (TPSA) is 66.5 Å². The van der Waals surface area contributed by atoms with E-state index >= 15 is 0 Å². The Morgan fingerprint density at radius 2 is 1.69 bits per heavy atom. The second-order valence-corrected chi connectivity index (χ2v) is 10.1. The molecule has 1 aliphatic heterocycles. The van der Waals surface area contributed by atoms with Crippen LogP contribution >= 0.6 is 0 Å². The van der Waals surface area contributed by atoms with Crippen LogP contribution in [0.25, 0.3) is 0 Å². The zero-order valence-electron chi connectivity index (χ0n) is 15.8. The third kappa shape index (κ3) is 4.78. The van der Waals surface area contributed by atoms with Crippen molar-refractivity contribution < 1.29 is 13.2 Å². The van der Waals surface area contributed by atoms with Crippen LogP contribution in [0.15, 0.2) is 18.2 Å². The van der Waals surface area contributed by atoms with Crippen LogP contribution in [0.5, 0.6) is 0 Å². The number of hydrogen-bond acceptors (Lipinski definition) is 4. The fraction of sp³-hybridized carbons (Fsp3) is 0.650. The molecule has 1 heterocycles. The second-order valence-electron chi connectivity index (χ2n) is 7.88. The standard InChI is InChI=1S/C20H30N2O3S/c1-15-10-16(2)12-17(11-15)21-13-20(23)22(18-6-4-3-5-7-18)19-8-9-26(24,25)14-19/h10-12,18-19,21H,3-9,13-14H2,1-2H3. The van der Waals surface area contributed by atoms with Gasteiger partial charge in [-0.1, -0.05) is 25.3 Å². The smallest absolute Gasteiger partial charge is 0.242 e. The molecule has 1 aromatic rings. The molecule has 1 aliphatic carbocycles. The van der Waals surface area contributed by atoms with E-state index in [2.05, 4.69) is 11.4 Å². The molecule has 0 radical (unpaired) electrons. The van der Waals surface area contributed by atoms with Crippen molar-refractivity contribution in [2.75, 3.05) is 23.4 Å². The van der Waals surface area contributed by atoms with E-state index in [4.69, 9.17) is 0 Å². The molecule has 6 heteroatoms. The molecular weight excluding hydrogens is 348 g/mol. The normalized spacial score (nSPS) is 22.9. The number of anilines is 1. The number of benzene rings is 1. The molecule has 2 aliphatic rings. The summed E-state index contributed by atoms with van der Waals surface area (Å²) < 4.78 is 23.9. The lowest BCUT2D eigenvalue weighted by Crippen LogP contribution is -2.50. The Labute approximate surface area is 157 Å². The van der Waals surface area contributed by atoms with Gasteiger partial charge in [-0.05, 0) is 56.4 Å². The Kier molecular flexibility index (Phi) is 5.90. The molecule has 144 valence electrons. The zero-order valence-corrected chi connectivity index (χ0v) is 16.6. The largest absolute Gasteiger partial charge is 0.376 e. The van der Waals surface area contributed by atoms with Crippen LogP contribution in [0.1, 0.15) is 49.7 Å². The molecular formula is C20H30N2O3S. The number of amides is 1. The molecule has 1 saturated heterocycles. The van der Waals surface area contributed by atoms with Crippen LogP contribution in [0.4, 0.5) is 5.69 Å². The van der Waals surface area contributed by atoms with E-state index < -0.39 is 9.84 Å². The summed E-state index contributed by atoms with van der Waals surface area (Å²) in [5.74, 6) is 0.357. The number of carbonyl (C=O) groups is 1. The average molecular weight is 379 g/mol. The monoisotopic (exact) mass is 378 g/mol. The quantitative estimate of drug-likeness (QED) is 0.855. The summed E-state index contributed by atoms with van der Waals surface area (Å²) in [5, 5.41) is 3.25. The van der Waals surface area contributed by atoms with E-state index in [0.717, 1.165) is 42.5 Å². The van der Waals surface area contributed by atoms with Crippen LogP contribution in [0, 0.1) is 13.8 Å². The van der Waals surface area contributed by atoms with E-state index in [9.17, 15) is 13.2 Å². The van der Waals surface area contributed by atoms with Gasteiger partial charge < -0.3 is 10.2 Å². The Hall–Kier alpha value is -1.56. The van der Waals surface area contributed by atoms with Crippen molar-refractivity contribution in [3.8, 4) is 0 Å². The van der Waals surface area contributed by atoms with Gasteiger partial charge in [-0.3, -0.25) is 4.79 Å². The summed E-state index contributed by atoms with van der Waals surface area (Å²) in [6.45, 7) is 4.30. The zero-order chi connectivity index (χ0) is 18.7. The van der Waals surface area contributed by atoms with Crippen LogP contribution in [-0.4, -0.2) is 49.4 Å². The minimum absolute atomic E-state index is 0.0261. The van der Waals surface area contributed by atoms with Crippen molar-refractivity contribution in [3.05, 3.63) is 29.3 Å². The van der Waals surface area contributed by atoms with Crippen LogP contribution in [0.2, 0.25) is 0 Å². The van der Waals surface area contributed by atoms with E-state index in [1.165, 1.54) is 6.42 Å². The summed E-state index contributed by atoms with van der Waals surface area (Å²) >= 11 is 0. The number of carbonyl (C=O) groups excluding carboxylic acids is 1. The van der Waals surface area contributed by atoms with Gasteiger partial charge in [0.05, 0.1) is 18.1 Å². The molecule has 26 heavy (non-hydrogen) atoms. The van der Waals surface area contributed by atoms with Crippen LogP contribution in [-0.2, 0) is 14.6 Å². The number of nitrogens with one attached hydrogen (secondary N) is 1. The van der Waals surface area contributed by atoms with Crippen molar-refractivity contribution >= 4 is 21.4 Å². The summed E-state index contributed by atoms with van der Waals surface area (Å²) in [7, 11) is -3.01. The first-order chi connectivity index (χ1) is 12.3. The molecule has 1 atom stereocenters. The average Bonchev–Trinajstić information content (AvgIpc) is 2.93. The number of hydrogen-bond donors (Lipinski definition) is 1. The Balaban J connectivity index is 1.71. The SMILES string of the molecule is Cc1cc(C)cc(NCC(=O)N(C2CCCCC2)C2CCS(=O)(=O)C2)c1. The van der Waals surface area contributed by atoms with Gasteiger partial charge in [-0.25, -0.2) is 8.42 Å². The number of aryl methyl sites for hydroxylation is 2. The third-order valence-electron chi connectivity index (χ3n) is 5.52. The fourth-order valence-corrected chi connectivity index (χ4v) is 6.12. The van der Waals surface area contributed by atoms with Crippen LogP contribution < -0.4 is 5.32 Å². The van der Waals surface area contributed by atoms with Gasteiger partial charge in [-0.2, -0.15) is 0 Å². The number of rotatable bonds is 5. The number of sulfone groups is 1. The molecule has 1 N–H and O–H groups in total. The molecule has 1 unspecified atom stereocenters. The van der Waals surface area contributed by atoms with Gasteiger partial charge >= 0.3 is 0 Å². The molecule has 5 nitrogen and oxygen atoms in total. The van der Waals surface area contributed by atoms with E-state index in [1.54, 1.807) is 0 Å². The highest BCUT2D eigenvalue weighted by molar-refractivity contribution is 7.91. The van der Waals surface area contributed by atoms with Crippen molar-refractivity contribution in [2.24, 2.45) is 0 Å². The van der Waals surface area contributed by atoms with Gasteiger partial charge in [0.15, 0.2) is 9.84 Å². The maximum absolute atomic E-state index is 13.1. The molecule has 0 bridgehead atoms. The van der Waals surface area contributed by atoms with Crippen molar-refractivity contribution in [3.63, 3.8) is 0 Å². The first kappa shape index (κ1) is 19.2. The lowest BCUT2D eigenvalue weighted by molar-refractivity contribution is -0.134. The van der Waals surface area contributed by atoms with Gasteiger partial charge in [0.25, 0.3) is 0 Å². The van der Waals surface area contributed by atoms with E-state index in [0.29, 0.717) is 6.42 Å². The lowest BCUT2D eigenvalue weighted by Gasteiger charge is -2.38. The van der Waals surface area contributed by atoms with Gasteiger partial charge in [0, 0.05) is 17.8 Å². The predicted octanol–water partition coefficient (Wildman–Crippen LogP) is 3.06. The molecule has 0 spiro atoms. The Bertz CT molecular complexity index is 734. The summed E-state index contributed by atoms with van der Waals surface area (Å²) in [6.07, 6.45) is 6.02. The maximum atomic E-state index is 13.1. The van der Waals surface area contributed by atoms with Crippen molar-refractivity contribution in [1.82, 2.24) is 4.90 Å². The maximum Gasteiger partial charge on any atom is 0.242 e. The van der Waals surface area contributed by atoms with Gasteiger partial charge in [0.1, 0.15) is 0 Å². The van der Waals surface area contributed by atoms with Crippen molar-refractivity contribution in [2.45, 2.75) is 64.5 Å². The highest BCUT2D eigenvalue weighted by Gasteiger charge is 2.38. The second kappa shape index (κ2) is 7.99. The fourth-order valence-electron chi connectivity index (χ4n) is 4.41. The lowest BCUT2D eigenvalue weighted by atomic mass is 9.93. The van der Waals surface area contributed by atoms with E-state index in [1.807, 2.05) is 30.9 Å². The molecule has 1 saturated carbocycles. The minimum atomic E-state index is -3.01. The van der Waals surface area contributed by atoms with Gasteiger partial charge in [0.2, 0.25) is 5.91 Å². The highest BCUT2D eigenvalue weighted by Crippen LogP contribution is 2.28. The van der Waals surface area contributed by atoms with Crippen LogP contribution in [0.3, 0.4) is 0 Å². The molecule has 0 aromatic heterocycles. The Morgan fingerprint density at radius 3 is 2.27 bits per heavy atom. The van der Waals surface area contributed by atoms with E-state index in [-0.39, 0.29) is 36.0 Å². The molecule has 2 fully saturated rings. The summed E-state index contributed by atoms with van der Waals surface area (Å²) in [5.41, 5.74) is 3.26. The molecule has 3 rings (SSSR count). The number of nitrogens with zero attached hydrogens (tertiary/aromatic N) is 1. The first-order valence-corrected chi connectivity index (χ1v) is 11.5. The predicted molar refractivity (Wildman–Crippen MR) is 105 cm³/mol. The molecule has 1 aromatic carbocycles. The minimum Gasteiger partial charge on any atom is -0.376 e. The third-order valence-corrected chi connectivity index (χ3v) is 7.27. The van der Waals surface area contributed by atoms with Crippen molar-refractivity contribution in [1.29, 1.82) is 0 Å². The van der Waals surface area contributed by atoms with Gasteiger partial charge in [-0.15, -0.1) is 0 Å². The first-order valence-electron chi connectivity index (χ1n) is 9.68.